The normalized spacial score (nSPS) is 12.0. The highest BCUT2D eigenvalue weighted by Gasteiger charge is 2.24. The van der Waals surface area contributed by atoms with E-state index < -0.39 is 7.82 Å². The molecular formula is C24H51O6P. The molecule has 0 bridgehead atoms. The van der Waals surface area contributed by atoms with Crippen LogP contribution in [0.3, 0.4) is 0 Å². The lowest BCUT2D eigenvalue weighted by Crippen LogP contribution is -2.01. The lowest BCUT2D eigenvalue weighted by molar-refractivity contribution is -0.279. The Morgan fingerprint density at radius 1 is 0.484 bits per heavy atom. The highest BCUT2D eigenvalue weighted by atomic mass is 31.2. The Kier molecular flexibility index (Phi) is 24.7. The molecule has 0 rings (SSSR count). The lowest BCUT2D eigenvalue weighted by atomic mass is 10.1. The highest BCUT2D eigenvalue weighted by Crippen LogP contribution is 2.43. The quantitative estimate of drug-likeness (QED) is 0.0594. The van der Waals surface area contributed by atoms with Gasteiger partial charge in [-0.05, 0) is 12.8 Å². The second kappa shape index (κ2) is 24.7. The summed E-state index contributed by atoms with van der Waals surface area (Å²) in [5.74, 6) is 0. The van der Waals surface area contributed by atoms with Crippen molar-refractivity contribution in [2.45, 2.75) is 142 Å². The van der Waals surface area contributed by atoms with Crippen LogP contribution in [0.15, 0.2) is 0 Å². The zero-order valence-corrected chi connectivity index (χ0v) is 21.4. The maximum Gasteiger partial charge on any atom is 0.526 e. The Hall–Kier alpha value is 0.0300. The zero-order valence-electron chi connectivity index (χ0n) is 20.5. The van der Waals surface area contributed by atoms with E-state index in [1.54, 1.807) is 0 Å². The van der Waals surface area contributed by atoms with Gasteiger partial charge in [-0.3, -0.25) is 4.89 Å². The second-order valence-electron chi connectivity index (χ2n) is 8.63. The van der Waals surface area contributed by atoms with Gasteiger partial charge in [0.05, 0.1) is 13.2 Å². The van der Waals surface area contributed by atoms with Crippen LogP contribution in [-0.2, 0) is 23.7 Å². The number of hydrogen-bond acceptors (Lipinski definition) is 5. The van der Waals surface area contributed by atoms with Crippen LogP contribution in [-0.4, -0.2) is 18.1 Å². The molecule has 7 heteroatoms. The van der Waals surface area contributed by atoms with Gasteiger partial charge in [0, 0.05) is 0 Å². The van der Waals surface area contributed by atoms with Crippen LogP contribution in [0.25, 0.3) is 0 Å². The molecule has 0 amide bonds. The van der Waals surface area contributed by atoms with Crippen molar-refractivity contribution in [1.82, 2.24) is 0 Å². The van der Waals surface area contributed by atoms with E-state index in [4.69, 9.17) is 9.78 Å². The molecule has 0 atom stereocenters. The fourth-order valence-corrected chi connectivity index (χ4v) is 3.96. The van der Waals surface area contributed by atoms with Crippen molar-refractivity contribution >= 4 is 7.82 Å². The Morgan fingerprint density at radius 3 is 1.03 bits per heavy atom. The van der Waals surface area contributed by atoms with E-state index in [2.05, 4.69) is 23.2 Å². The molecule has 0 aromatic rings. The Bertz CT molecular complexity index is 362. The number of phosphoric acid groups is 1. The summed E-state index contributed by atoms with van der Waals surface area (Å²) >= 11 is 0. The summed E-state index contributed by atoms with van der Waals surface area (Å²) in [4.78, 5) is 19.1. The summed E-state index contributed by atoms with van der Waals surface area (Å²) in [5.41, 5.74) is 0. The molecule has 0 aliphatic rings. The van der Waals surface area contributed by atoms with E-state index in [1.165, 1.54) is 89.9 Å². The van der Waals surface area contributed by atoms with Crippen LogP contribution < -0.4 is 0 Å². The van der Waals surface area contributed by atoms with Crippen LogP contribution >= 0.6 is 7.82 Å². The Balaban J connectivity index is 3.30. The lowest BCUT2D eigenvalue weighted by Gasteiger charge is -2.10. The van der Waals surface area contributed by atoms with Gasteiger partial charge in [-0.2, -0.15) is 0 Å². The minimum Gasteiger partial charge on any atom is -0.299 e. The molecule has 0 unspecified atom stereocenters. The largest absolute Gasteiger partial charge is 0.526 e. The predicted octanol–water partition coefficient (Wildman–Crippen LogP) is 8.83. The molecule has 0 aliphatic carbocycles. The van der Waals surface area contributed by atoms with Crippen molar-refractivity contribution in [3.8, 4) is 0 Å². The van der Waals surface area contributed by atoms with Crippen molar-refractivity contribution in [2.75, 3.05) is 13.2 Å². The summed E-state index contributed by atoms with van der Waals surface area (Å²) in [7, 11) is -4.30. The van der Waals surface area contributed by atoms with Crippen molar-refractivity contribution < 1.29 is 28.6 Å². The van der Waals surface area contributed by atoms with Crippen molar-refractivity contribution in [3.63, 3.8) is 0 Å². The Labute approximate surface area is 192 Å². The fourth-order valence-electron chi connectivity index (χ4n) is 3.52. The number of rotatable bonds is 26. The first kappa shape index (κ1) is 31.0. The first-order chi connectivity index (χ1) is 15.1. The molecule has 1 N–H and O–H groups in total. The maximum atomic E-state index is 11.6. The first-order valence-corrected chi connectivity index (χ1v) is 14.6. The standard InChI is InChI=1S/C24H51O6P/c1-3-5-7-9-11-13-15-17-19-21-23-27-29-31(25,26)30-28-24-22-20-18-16-14-12-10-8-6-4-2/h3-24H2,1-2H3,(H,25,26). The molecular weight excluding hydrogens is 415 g/mol. The molecule has 6 nitrogen and oxygen atoms in total. The number of hydrogen-bond donors (Lipinski definition) is 1. The van der Waals surface area contributed by atoms with Gasteiger partial charge in [-0.15, -0.1) is 9.35 Å². The molecule has 0 aromatic carbocycles. The van der Waals surface area contributed by atoms with Gasteiger partial charge < -0.3 is 0 Å². The third-order valence-corrected chi connectivity index (χ3v) is 6.04. The van der Waals surface area contributed by atoms with Crippen LogP contribution in [0, 0.1) is 0 Å². The van der Waals surface area contributed by atoms with Crippen LogP contribution in [0.1, 0.15) is 142 Å². The molecule has 0 saturated carbocycles. The number of unbranched alkanes of at least 4 members (excludes halogenated alkanes) is 18. The molecule has 0 saturated heterocycles. The second-order valence-corrected chi connectivity index (χ2v) is 9.86. The molecule has 0 heterocycles. The predicted molar refractivity (Wildman–Crippen MR) is 128 cm³/mol. The summed E-state index contributed by atoms with van der Waals surface area (Å²) in [6, 6.07) is 0. The monoisotopic (exact) mass is 466 g/mol. The Morgan fingerprint density at radius 2 is 0.742 bits per heavy atom. The molecule has 188 valence electrons. The topological polar surface area (TPSA) is 74.2 Å². The molecule has 31 heavy (non-hydrogen) atoms. The summed E-state index contributed by atoms with van der Waals surface area (Å²) < 4.78 is 20.6. The van der Waals surface area contributed by atoms with Gasteiger partial charge in [0.1, 0.15) is 0 Å². The van der Waals surface area contributed by atoms with E-state index in [1.807, 2.05) is 0 Å². The van der Waals surface area contributed by atoms with Gasteiger partial charge in [0.25, 0.3) is 0 Å². The average molecular weight is 467 g/mol. The highest BCUT2D eigenvalue weighted by molar-refractivity contribution is 7.47. The van der Waals surface area contributed by atoms with Gasteiger partial charge in [-0.25, -0.2) is 14.3 Å². The molecule has 0 aromatic heterocycles. The molecule has 0 spiro atoms. The molecule has 0 aliphatic heterocycles. The fraction of sp³-hybridized carbons (Fsp3) is 1.00. The van der Waals surface area contributed by atoms with Gasteiger partial charge >= 0.3 is 7.82 Å². The summed E-state index contributed by atoms with van der Waals surface area (Å²) in [6.45, 7) is 5.03. The average Bonchev–Trinajstić information content (AvgIpc) is 2.75. The summed E-state index contributed by atoms with van der Waals surface area (Å²) in [6.07, 6.45) is 24.4. The maximum absolute atomic E-state index is 11.6. The van der Waals surface area contributed by atoms with E-state index >= 15 is 0 Å². The molecule has 0 fully saturated rings. The third kappa shape index (κ3) is 26.2. The zero-order chi connectivity index (χ0) is 22.9. The van der Waals surface area contributed by atoms with Crippen LogP contribution in [0.4, 0.5) is 0 Å². The van der Waals surface area contributed by atoms with Gasteiger partial charge in [0.15, 0.2) is 0 Å². The van der Waals surface area contributed by atoms with E-state index in [-0.39, 0.29) is 13.2 Å². The van der Waals surface area contributed by atoms with Crippen molar-refractivity contribution in [1.29, 1.82) is 0 Å². The minimum absolute atomic E-state index is 0.281. The van der Waals surface area contributed by atoms with E-state index in [0.717, 1.165) is 38.5 Å². The molecule has 0 radical (unpaired) electrons. The minimum atomic E-state index is -4.30. The van der Waals surface area contributed by atoms with Gasteiger partial charge in [-0.1, -0.05) is 129 Å². The van der Waals surface area contributed by atoms with Crippen LogP contribution in [0.2, 0.25) is 0 Å². The van der Waals surface area contributed by atoms with E-state index in [0.29, 0.717) is 0 Å². The summed E-state index contributed by atoms with van der Waals surface area (Å²) in [5, 5.41) is 0. The SMILES string of the molecule is CCCCCCCCCCCCOOP(=O)(O)OOCCCCCCCCCCCC. The van der Waals surface area contributed by atoms with Crippen molar-refractivity contribution in [3.05, 3.63) is 0 Å². The smallest absolute Gasteiger partial charge is 0.299 e. The third-order valence-electron chi connectivity index (χ3n) is 5.46. The van der Waals surface area contributed by atoms with E-state index in [9.17, 15) is 9.46 Å². The first-order valence-electron chi connectivity index (χ1n) is 13.1. The van der Waals surface area contributed by atoms with Gasteiger partial charge in [0.2, 0.25) is 0 Å². The van der Waals surface area contributed by atoms with Crippen LogP contribution in [0.5, 0.6) is 0 Å². The van der Waals surface area contributed by atoms with Crippen molar-refractivity contribution in [2.24, 2.45) is 0 Å².